The summed E-state index contributed by atoms with van der Waals surface area (Å²) in [6.45, 7) is 3.57. The van der Waals surface area contributed by atoms with Crippen molar-refractivity contribution in [1.29, 1.82) is 0 Å². The van der Waals surface area contributed by atoms with Crippen molar-refractivity contribution in [3.8, 4) is 5.75 Å². The maximum absolute atomic E-state index is 5.61. The Labute approximate surface area is 164 Å². The average Bonchev–Trinajstić information content (AvgIpc) is 3.34. The molecule has 2 heterocycles. The highest BCUT2D eigenvalue weighted by molar-refractivity contribution is 5.81. The number of para-hydroxylation sites is 1. The number of furan rings is 1. The second kappa shape index (κ2) is 8.17. The summed E-state index contributed by atoms with van der Waals surface area (Å²) < 4.78 is 12.8. The second-order valence-electron chi connectivity index (χ2n) is 6.67. The Morgan fingerprint density at radius 1 is 1.11 bits per heavy atom. The van der Waals surface area contributed by atoms with Gasteiger partial charge in [-0.3, -0.25) is 0 Å². The van der Waals surface area contributed by atoms with Gasteiger partial charge in [0.05, 0.1) is 19.1 Å². The molecule has 28 heavy (non-hydrogen) atoms. The lowest BCUT2D eigenvalue weighted by Crippen LogP contribution is -2.08. The molecule has 144 valence electrons. The molecule has 6 heteroatoms. The van der Waals surface area contributed by atoms with Crippen LogP contribution in [-0.4, -0.2) is 22.1 Å². The fourth-order valence-corrected chi connectivity index (χ4v) is 3.38. The first-order valence-corrected chi connectivity index (χ1v) is 9.52. The molecule has 0 aliphatic carbocycles. The molecule has 0 unspecified atom stereocenters. The van der Waals surface area contributed by atoms with Crippen LogP contribution in [0.5, 0.6) is 5.75 Å². The molecular formula is C22H24N4O2. The van der Waals surface area contributed by atoms with Crippen molar-refractivity contribution in [3.63, 3.8) is 0 Å². The van der Waals surface area contributed by atoms with Gasteiger partial charge in [0.1, 0.15) is 11.3 Å². The van der Waals surface area contributed by atoms with Crippen molar-refractivity contribution in [2.45, 2.75) is 32.9 Å². The van der Waals surface area contributed by atoms with E-state index in [0.717, 1.165) is 53.2 Å². The van der Waals surface area contributed by atoms with E-state index in [1.807, 2.05) is 35.0 Å². The third-order valence-electron chi connectivity index (χ3n) is 4.95. The lowest BCUT2D eigenvalue weighted by molar-refractivity contribution is 0.414. The number of rotatable bonds is 8. The first kappa shape index (κ1) is 18.1. The van der Waals surface area contributed by atoms with E-state index in [0.29, 0.717) is 6.54 Å². The van der Waals surface area contributed by atoms with Crippen LogP contribution < -0.4 is 10.1 Å². The van der Waals surface area contributed by atoms with E-state index in [1.54, 1.807) is 13.4 Å². The fraction of sp³-hybridized carbons (Fsp3) is 0.273. The topological polar surface area (TPSA) is 65.1 Å². The number of ether oxygens (including phenoxy) is 1. The molecule has 0 atom stereocenters. The monoisotopic (exact) mass is 376 g/mol. The van der Waals surface area contributed by atoms with Crippen LogP contribution in [0, 0.1) is 0 Å². The number of fused-ring (bicyclic) bond motifs is 1. The Bertz CT molecular complexity index is 1050. The van der Waals surface area contributed by atoms with Crippen LogP contribution in [0.3, 0.4) is 0 Å². The minimum atomic E-state index is 0.654. The fourth-order valence-electron chi connectivity index (χ4n) is 3.38. The van der Waals surface area contributed by atoms with E-state index >= 15 is 0 Å². The van der Waals surface area contributed by atoms with Gasteiger partial charge in [0.2, 0.25) is 0 Å². The first-order valence-electron chi connectivity index (χ1n) is 9.52. The van der Waals surface area contributed by atoms with Crippen molar-refractivity contribution >= 4 is 16.8 Å². The molecule has 2 aromatic carbocycles. The highest BCUT2D eigenvalue weighted by Crippen LogP contribution is 2.22. The summed E-state index contributed by atoms with van der Waals surface area (Å²) in [6.07, 6.45) is 3.56. The zero-order valence-corrected chi connectivity index (χ0v) is 16.2. The molecule has 0 saturated carbocycles. The van der Waals surface area contributed by atoms with Crippen molar-refractivity contribution in [2.75, 3.05) is 12.4 Å². The highest BCUT2D eigenvalue weighted by Gasteiger charge is 2.12. The molecule has 4 aromatic rings. The van der Waals surface area contributed by atoms with Crippen LogP contribution in [0.25, 0.3) is 11.0 Å². The Morgan fingerprint density at radius 2 is 1.93 bits per heavy atom. The maximum atomic E-state index is 5.61. The molecule has 0 fully saturated rings. The largest absolute Gasteiger partial charge is 0.497 e. The van der Waals surface area contributed by atoms with Crippen LogP contribution >= 0.6 is 0 Å². The summed E-state index contributed by atoms with van der Waals surface area (Å²) >= 11 is 0. The predicted octanol–water partition coefficient (Wildman–Crippen LogP) is 4.45. The molecule has 4 rings (SSSR count). The number of nitrogens with zero attached hydrogens (tertiary/aromatic N) is 3. The lowest BCUT2D eigenvalue weighted by Gasteiger charge is -2.08. The van der Waals surface area contributed by atoms with Crippen LogP contribution in [0.4, 0.5) is 5.82 Å². The Balaban J connectivity index is 1.43. The number of aryl methyl sites for hydroxylation is 2. The van der Waals surface area contributed by atoms with Crippen LogP contribution in [0.15, 0.2) is 59.2 Å². The van der Waals surface area contributed by atoms with E-state index in [4.69, 9.17) is 9.15 Å². The molecule has 0 saturated heterocycles. The van der Waals surface area contributed by atoms with Crippen LogP contribution in [0.2, 0.25) is 0 Å². The predicted molar refractivity (Wildman–Crippen MR) is 110 cm³/mol. The van der Waals surface area contributed by atoms with Gasteiger partial charge >= 0.3 is 0 Å². The molecule has 0 radical (unpaired) electrons. The van der Waals surface area contributed by atoms with Crippen molar-refractivity contribution in [1.82, 2.24) is 15.0 Å². The van der Waals surface area contributed by atoms with Gasteiger partial charge in [-0.15, -0.1) is 5.10 Å². The van der Waals surface area contributed by atoms with Gasteiger partial charge in [0.25, 0.3) is 0 Å². The third-order valence-corrected chi connectivity index (χ3v) is 4.95. The zero-order valence-electron chi connectivity index (χ0n) is 16.2. The number of anilines is 1. The minimum Gasteiger partial charge on any atom is -0.497 e. The third kappa shape index (κ3) is 3.71. The molecule has 0 aliphatic heterocycles. The highest BCUT2D eigenvalue weighted by atomic mass is 16.5. The molecule has 0 amide bonds. The van der Waals surface area contributed by atoms with Gasteiger partial charge in [-0.1, -0.05) is 42.5 Å². The number of methoxy groups -OCH3 is 1. The zero-order chi connectivity index (χ0) is 19.3. The summed E-state index contributed by atoms with van der Waals surface area (Å²) in [5.41, 5.74) is 4.38. The van der Waals surface area contributed by atoms with E-state index < -0.39 is 0 Å². The summed E-state index contributed by atoms with van der Waals surface area (Å²) in [4.78, 5) is 0. The van der Waals surface area contributed by atoms with E-state index in [9.17, 15) is 0 Å². The van der Waals surface area contributed by atoms with Gasteiger partial charge in [-0.25, -0.2) is 4.68 Å². The molecular weight excluding hydrogens is 352 g/mol. The van der Waals surface area contributed by atoms with Gasteiger partial charge in [0.15, 0.2) is 5.82 Å². The molecule has 6 nitrogen and oxygen atoms in total. The summed E-state index contributed by atoms with van der Waals surface area (Å²) in [6, 6.07) is 16.2. The second-order valence-corrected chi connectivity index (χ2v) is 6.67. The number of hydrogen-bond donors (Lipinski definition) is 1. The van der Waals surface area contributed by atoms with Gasteiger partial charge < -0.3 is 14.5 Å². The maximum Gasteiger partial charge on any atom is 0.172 e. The van der Waals surface area contributed by atoms with E-state index in [1.165, 1.54) is 5.56 Å². The molecule has 0 spiro atoms. The summed E-state index contributed by atoms with van der Waals surface area (Å²) in [7, 11) is 1.68. The van der Waals surface area contributed by atoms with E-state index in [2.05, 4.69) is 40.8 Å². The summed E-state index contributed by atoms with van der Waals surface area (Å²) in [5, 5.41) is 13.3. The minimum absolute atomic E-state index is 0.654. The van der Waals surface area contributed by atoms with Crippen molar-refractivity contribution < 1.29 is 9.15 Å². The van der Waals surface area contributed by atoms with E-state index in [-0.39, 0.29) is 0 Å². The van der Waals surface area contributed by atoms with Crippen LogP contribution in [0.1, 0.15) is 23.7 Å². The average molecular weight is 376 g/mol. The number of nitrogens with one attached hydrogen (secondary N) is 1. The molecule has 1 N–H and O–H groups in total. The van der Waals surface area contributed by atoms with Gasteiger partial charge in [-0.2, -0.15) is 0 Å². The summed E-state index contributed by atoms with van der Waals surface area (Å²) in [5.74, 6) is 1.71. The number of hydrogen-bond acceptors (Lipinski definition) is 5. The lowest BCUT2D eigenvalue weighted by atomic mass is 10.1. The molecule has 2 aromatic heterocycles. The quantitative estimate of drug-likeness (QED) is 0.492. The number of benzene rings is 2. The van der Waals surface area contributed by atoms with Crippen molar-refractivity contribution in [2.24, 2.45) is 0 Å². The van der Waals surface area contributed by atoms with Crippen LogP contribution in [-0.2, 0) is 25.9 Å². The standard InChI is InChI=1S/C22H24N4O2/c1-3-20-22(23-14-17-15-28-21-7-5-4-6-19(17)21)24-25-26(20)13-12-16-8-10-18(27-2)11-9-16/h4-11,15,23H,3,12-14H2,1-2H3. The number of aromatic nitrogens is 3. The normalized spacial score (nSPS) is 11.1. The Hall–Kier alpha value is -3.28. The van der Waals surface area contributed by atoms with Gasteiger partial charge in [0, 0.05) is 24.0 Å². The van der Waals surface area contributed by atoms with Gasteiger partial charge in [-0.05, 0) is 36.6 Å². The Morgan fingerprint density at radius 3 is 2.71 bits per heavy atom. The van der Waals surface area contributed by atoms with Crippen molar-refractivity contribution in [3.05, 3.63) is 71.6 Å². The first-order chi connectivity index (χ1) is 13.8. The molecule has 0 aliphatic rings. The SMILES string of the molecule is CCc1c(NCc2coc3ccccc23)nnn1CCc1ccc(OC)cc1. The Kier molecular flexibility index (Phi) is 5.28. The molecule has 0 bridgehead atoms. The smallest absolute Gasteiger partial charge is 0.172 e.